The molecule has 1 fully saturated rings. The normalized spacial score (nSPS) is 15.7. The second-order valence-electron chi connectivity index (χ2n) is 6.37. The van der Waals surface area contributed by atoms with Crippen molar-refractivity contribution in [1.29, 1.82) is 0 Å². The van der Waals surface area contributed by atoms with Crippen molar-refractivity contribution in [2.24, 2.45) is 0 Å². The first kappa shape index (κ1) is 18.8. The quantitative estimate of drug-likeness (QED) is 0.804. The number of hydrogen-bond acceptors (Lipinski definition) is 5. The average molecular weight is 375 g/mol. The van der Waals surface area contributed by atoms with Gasteiger partial charge in [-0.25, -0.2) is 9.97 Å². The molecule has 1 amide bonds. The highest BCUT2D eigenvalue weighted by molar-refractivity contribution is 6.30. The maximum absolute atomic E-state index is 12.0. The summed E-state index contributed by atoms with van der Waals surface area (Å²) in [5.74, 6) is 0.752. The van der Waals surface area contributed by atoms with Crippen LogP contribution in [-0.2, 0) is 16.1 Å². The van der Waals surface area contributed by atoms with Gasteiger partial charge < -0.3 is 9.64 Å². The van der Waals surface area contributed by atoms with Crippen LogP contribution in [0.2, 0.25) is 5.02 Å². The predicted octanol–water partition coefficient (Wildman–Crippen LogP) is 2.48. The van der Waals surface area contributed by atoms with Gasteiger partial charge in [0, 0.05) is 68.4 Å². The van der Waals surface area contributed by atoms with Gasteiger partial charge in [0.25, 0.3) is 0 Å². The molecule has 2 heterocycles. The predicted molar refractivity (Wildman–Crippen MR) is 101 cm³/mol. The molecule has 0 spiro atoms. The highest BCUT2D eigenvalue weighted by atomic mass is 35.5. The minimum atomic E-state index is 0.0602. The summed E-state index contributed by atoms with van der Waals surface area (Å²) in [6, 6.07) is 7.50. The first-order valence-corrected chi connectivity index (χ1v) is 9.09. The molecule has 1 aliphatic heterocycles. The number of ether oxygens (including phenoxy) is 1. The molecule has 2 aromatic rings. The number of carbonyl (C=O) groups excluding carboxylic acids is 1. The van der Waals surface area contributed by atoms with E-state index in [0.29, 0.717) is 10.8 Å². The Labute approximate surface area is 158 Å². The van der Waals surface area contributed by atoms with Gasteiger partial charge in [0.05, 0.1) is 0 Å². The topological polar surface area (TPSA) is 58.6 Å². The number of rotatable bonds is 5. The SMILES string of the molecule is COCC(=O)N1CCCN(Cc2cnc(-c3ccc(Cl)cc3)nc2)CC1. The van der Waals surface area contributed by atoms with E-state index in [2.05, 4.69) is 14.9 Å². The van der Waals surface area contributed by atoms with Crippen LogP contribution in [0.4, 0.5) is 0 Å². The van der Waals surface area contributed by atoms with E-state index in [1.54, 1.807) is 7.11 Å². The summed E-state index contributed by atoms with van der Waals surface area (Å²) >= 11 is 5.92. The van der Waals surface area contributed by atoms with Gasteiger partial charge in [-0.1, -0.05) is 11.6 Å². The maximum atomic E-state index is 12.0. The molecular formula is C19H23ClN4O2. The molecular weight excluding hydrogens is 352 g/mol. The molecule has 0 aliphatic carbocycles. The molecule has 26 heavy (non-hydrogen) atoms. The third-order valence-electron chi connectivity index (χ3n) is 4.42. The molecule has 0 bridgehead atoms. The number of benzene rings is 1. The van der Waals surface area contributed by atoms with Crippen molar-refractivity contribution in [2.45, 2.75) is 13.0 Å². The Morgan fingerprint density at radius 3 is 2.54 bits per heavy atom. The van der Waals surface area contributed by atoms with E-state index in [4.69, 9.17) is 16.3 Å². The number of methoxy groups -OCH3 is 1. The van der Waals surface area contributed by atoms with Crippen molar-refractivity contribution in [2.75, 3.05) is 39.9 Å². The van der Waals surface area contributed by atoms with Gasteiger partial charge >= 0.3 is 0 Å². The van der Waals surface area contributed by atoms with Gasteiger partial charge in [-0.3, -0.25) is 9.69 Å². The van der Waals surface area contributed by atoms with Gasteiger partial charge in [-0.05, 0) is 30.7 Å². The molecule has 1 aromatic heterocycles. The lowest BCUT2D eigenvalue weighted by Gasteiger charge is -2.21. The summed E-state index contributed by atoms with van der Waals surface area (Å²) in [4.78, 5) is 25.1. The highest BCUT2D eigenvalue weighted by Gasteiger charge is 2.19. The van der Waals surface area contributed by atoms with E-state index in [1.807, 2.05) is 41.6 Å². The van der Waals surface area contributed by atoms with Crippen LogP contribution in [0.5, 0.6) is 0 Å². The van der Waals surface area contributed by atoms with Crippen molar-refractivity contribution >= 4 is 17.5 Å². The standard InChI is InChI=1S/C19H23ClN4O2/c1-26-14-18(25)24-8-2-7-23(9-10-24)13-15-11-21-19(22-12-15)16-3-5-17(20)6-4-16/h3-6,11-12H,2,7-10,13-14H2,1H3. The molecule has 138 valence electrons. The fourth-order valence-electron chi connectivity index (χ4n) is 3.04. The highest BCUT2D eigenvalue weighted by Crippen LogP contribution is 2.18. The van der Waals surface area contributed by atoms with Crippen LogP contribution in [0.15, 0.2) is 36.7 Å². The van der Waals surface area contributed by atoms with Crippen molar-refractivity contribution in [1.82, 2.24) is 19.8 Å². The number of amides is 1. The lowest BCUT2D eigenvalue weighted by atomic mass is 10.2. The molecule has 0 N–H and O–H groups in total. The molecule has 3 rings (SSSR count). The zero-order valence-electron chi connectivity index (χ0n) is 14.9. The van der Waals surface area contributed by atoms with Gasteiger partial charge in [0.1, 0.15) is 6.61 Å². The first-order chi connectivity index (χ1) is 12.7. The Kier molecular flexibility index (Phi) is 6.55. The van der Waals surface area contributed by atoms with Crippen LogP contribution in [-0.4, -0.2) is 65.6 Å². The zero-order chi connectivity index (χ0) is 18.4. The summed E-state index contributed by atoms with van der Waals surface area (Å²) < 4.78 is 4.95. The molecule has 0 atom stereocenters. The van der Waals surface area contributed by atoms with Crippen molar-refractivity contribution in [3.05, 3.63) is 47.2 Å². The summed E-state index contributed by atoms with van der Waals surface area (Å²) in [5.41, 5.74) is 2.02. The fourth-order valence-corrected chi connectivity index (χ4v) is 3.16. The van der Waals surface area contributed by atoms with Gasteiger partial charge in [0.15, 0.2) is 5.82 Å². The fraction of sp³-hybridized carbons (Fsp3) is 0.421. The zero-order valence-corrected chi connectivity index (χ0v) is 15.7. The van der Waals surface area contributed by atoms with Crippen LogP contribution < -0.4 is 0 Å². The monoisotopic (exact) mass is 374 g/mol. The second-order valence-corrected chi connectivity index (χ2v) is 6.80. The minimum absolute atomic E-state index is 0.0602. The van der Waals surface area contributed by atoms with Crippen LogP contribution in [0.1, 0.15) is 12.0 Å². The largest absolute Gasteiger partial charge is 0.375 e. The second kappa shape index (κ2) is 9.07. The summed E-state index contributed by atoms with van der Waals surface area (Å²) in [6.07, 6.45) is 4.70. The van der Waals surface area contributed by atoms with E-state index >= 15 is 0 Å². The first-order valence-electron chi connectivity index (χ1n) is 8.71. The molecule has 1 saturated heterocycles. The van der Waals surface area contributed by atoms with Crippen LogP contribution in [0, 0.1) is 0 Å². The molecule has 0 radical (unpaired) electrons. The minimum Gasteiger partial charge on any atom is -0.375 e. The molecule has 0 saturated carbocycles. The van der Waals surface area contributed by atoms with Gasteiger partial charge in [0.2, 0.25) is 5.91 Å². The molecule has 6 nitrogen and oxygen atoms in total. The van der Waals surface area contributed by atoms with Crippen molar-refractivity contribution in [3.8, 4) is 11.4 Å². The van der Waals surface area contributed by atoms with E-state index in [-0.39, 0.29) is 12.5 Å². The molecule has 1 aromatic carbocycles. The van der Waals surface area contributed by atoms with E-state index in [1.165, 1.54) is 0 Å². The van der Waals surface area contributed by atoms with Gasteiger partial charge in [-0.2, -0.15) is 0 Å². The smallest absolute Gasteiger partial charge is 0.248 e. The van der Waals surface area contributed by atoms with Crippen LogP contribution in [0.25, 0.3) is 11.4 Å². The Morgan fingerprint density at radius 2 is 1.85 bits per heavy atom. The lowest BCUT2D eigenvalue weighted by Crippen LogP contribution is -2.37. The average Bonchev–Trinajstić information content (AvgIpc) is 2.89. The molecule has 0 unspecified atom stereocenters. The van der Waals surface area contributed by atoms with Crippen molar-refractivity contribution in [3.63, 3.8) is 0 Å². The van der Waals surface area contributed by atoms with Crippen LogP contribution in [0.3, 0.4) is 0 Å². The third kappa shape index (κ3) is 5.00. The number of nitrogens with zero attached hydrogens (tertiary/aromatic N) is 4. The molecule has 1 aliphatic rings. The lowest BCUT2D eigenvalue weighted by molar-refractivity contribution is -0.135. The van der Waals surface area contributed by atoms with E-state index in [9.17, 15) is 4.79 Å². The number of aromatic nitrogens is 2. The van der Waals surface area contributed by atoms with Crippen molar-refractivity contribution < 1.29 is 9.53 Å². The number of halogens is 1. The van der Waals surface area contributed by atoms with E-state index < -0.39 is 0 Å². The van der Waals surface area contributed by atoms with Crippen LogP contribution >= 0.6 is 11.6 Å². The Balaban J connectivity index is 1.57. The Hall–Kier alpha value is -2.02. The number of hydrogen-bond donors (Lipinski definition) is 0. The molecule has 7 heteroatoms. The summed E-state index contributed by atoms with van der Waals surface area (Å²) in [7, 11) is 1.55. The van der Waals surface area contributed by atoms with E-state index in [0.717, 1.165) is 50.3 Å². The Morgan fingerprint density at radius 1 is 1.12 bits per heavy atom. The Bertz CT molecular complexity index is 721. The number of carbonyl (C=O) groups is 1. The summed E-state index contributed by atoms with van der Waals surface area (Å²) in [6.45, 7) is 4.24. The third-order valence-corrected chi connectivity index (χ3v) is 4.67. The maximum Gasteiger partial charge on any atom is 0.248 e. The summed E-state index contributed by atoms with van der Waals surface area (Å²) in [5, 5.41) is 0.699. The van der Waals surface area contributed by atoms with Gasteiger partial charge in [-0.15, -0.1) is 0 Å².